The number of carbonyl (C=O) groups is 3. The number of furan rings is 1. The van der Waals surface area contributed by atoms with Gasteiger partial charge in [-0.2, -0.15) is 5.26 Å². The van der Waals surface area contributed by atoms with Crippen LogP contribution in [0, 0.1) is 11.3 Å². The van der Waals surface area contributed by atoms with E-state index in [1.807, 2.05) is 6.07 Å². The van der Waals surface area contributed by atoms with Gasteiger partial charge in [0.15, 0.2) is 18.1 Å². The molecule has 0 radical (unpaired) electrons. The van der Waals surface area contributed by atoms with E-state index < -0.39 is 17.8 Å². The molecule has 1 aliphatic rings. The number of nitrogens with zero attached hydrogens (tertiary/aromatic N) is 2. The quantitative estimate of drug-likeness (QED) is 0.598. The summed E-state index contributed by atoms with van der Waals surface area (Å²) in [7, 11) is 1.42. The van der Waals surface area contributed by atoms with E-state index in [0.29, 0.717) is 22.8 Å². The number of amides is 4. The average molecular weight is 381 g/mol. The van der Waals surface area contributed by atoms with Gasteiger partial charge in [-0.1, -0.05) is 6.07 Å². The lowest BCUT2D eigenvalue weighted by molar-refractivity contribution is -0.130. The maximum absolute atomic E-state index is 12.7. The molecule has 9 heteroatoms. The molecular formula is C19H15N3O6. The summed E-state index contributed by atoms with van der Waals surface area (Å²) in [6.45, 7) is -0.256. The van der Waals surface area contributed by atoms with Gasteiger partial charge in [0.1, 0.15) is 17.4 Å². The third-order valence-electron chi connectivity index (χ3n) is 3.87. The number of nitriles is 1. The molecule has 2 aromatic rings. The van der Waals surface area contributed by atoms with Crippen molar-refractivity contribution in [3.05, 3.63) is 53.5 Å². The normalized spacial score (nSPS) is 15.4. The van der Waals surface area contributed by atoms with Gasteiger partial charge < -0.3 is 13.9 Å². The zero-order valence-electron chi connectivity index (χ0n) is 14.8. The average Bonchev–Trinajstić information content (AvgIpc) is 3.20. The highest BCUT2D eigenvalue weighted by atomic mass is 16.5. The van der Waals surface area contributed by atoms with Crippen molar-refractivity contribution in [2.24, 2.45) is 0 Å². The Morgan fingerprint density at radius 3 is 2.75 bits per heavy atom. The molecule has 0 aliphatic carbocycles. The highest BCUT2D eigenvalue weighted by molar-refractivity contribution is 6.30. The van der Waals surface area contributed by atoms with Crippen molar-refractivity contribution in [3.8, 4) is 17.6 Å². The lowest BCUT2D eigenvalue weighted by Crippen LogP contribution is -2.53. The predicted molar refractivity (Wildman–Crippen MR) is 94.9 cm³/mol. The van der Waals surface area contributed by atoms with Gasteiger partial charge in [-0.25, -0.2) is 4.79 Å². The van der Waals surface area contributed by atoms with Crippen molar-refractivity contribution in [1.82, 2.24) is 10.2 Å². The summed E-state index contributed by atoms with van der Waals surface area (Å²) in [5.41, 5.74) is 0.269. The summed E-state index contributed by atoms with van der Waals surface area (Å²) in [6, 6.07) is 8.98. The van der Waals surface area contributed by atoms with E-state index in [4.69, 9.17) is 19.2 Å². The molecule has 3 rings (SSSR count). The second-order valence-electron chi connectivity index (χ2n) is 5.65. The molecule has 9 nitrogen and oxygen atoms in total. The number of ether oxygens (including phenoxy) is 2. The summed E-state index contributed by atoms with van der Waals surface area (Å²) in [4.78, 5) is 37.8. The van der Waals surface area contributed by atoms with Crippen LogP contribution in [0.2, 0.25) is 0 Å². The van der Waals surface area contributed by atoms with Crippen LogP contribution in [0.1, 0.15) is 11.3 Å². The molecule has 0 bridgehead atoms. The fourth-order valence-electron chi connectivity index (χ4n) is 2.57. The zero-order chi connectivity index (χ0) is 20.1. The van der Waals surface area contributed by atoms with Crippen molar-refractivity contribution in [1.29, 1.82) is 5.26 Å². The molecule has 4 amide bonds. The van der Waals surface area contributed by atoms with Gasteiger partial charge >= 0.3 is 6.03 Å². The standard InChI is InChI=1S/C19H15N3O6/c1-26-16-10-12(4-5-15(16)28-8-6-20)9-14-17(23)21-19(25)22(18(14)24)11-13-3-2-7-27-13/h2-5,7,9-10H,8,11H2,1H3,(H,21,23,25)/b14-9+. The van der Waals surface area contributed by atoms with Crippen molar-refractivity contribution >= 4 is 23.9 Å². The summed E-state index contributed by atoms with van der Waals surface area (Å²) < 4.78 is 15.6. The molecule has 0 unspecified atom stereocenters. The SMILES string of the molecule is COc1cc(/C=C2\C(=O)NC(=O)N(Cc3ccco3)C2=O)ccc1OCC#N. The first-order valence-corrected chi connectivity index (χ1v) is 8.12. The summed E-state index contributed by atoms with van der Waals surface area (Å²) in [6.07, 6.45) is 2.77. The highest BCUT2D eigenvalue weighted by Crippen LogP contribution is 2.29. The van der Waals surface area contributed by atoms with E-state index in [9.17, 15) is 14.4 Å². The number of carbonyl (C=O) groups excluding carboxylic acids is 3. The third-order valence-corrected chi connectivity index (χ3v) is 3.87. The van der Waals surface area contributed by atoms with Gasteiger partial charge in [0.05, 0.1) is 19.9 Å². The van der Waals surface area contributed by atoms with Crippen LogP contribution in [0.15, 0.2) is 46.6 Å². The maximum atomic E-state index is 12.7. The first kappa shape index (κ1) is 18.7. The molecule has 1 saturated heterocycles. The Morgan fingerprint density at radius 1 is 1.25 bits per heavy atom. The van der Waals surface area contributed by atoms with Crippen LogP contribution in [0.25, 0.3) is 6.08 Å². The number of nitrogens with one attached hydrogen (secondary N) is 1. The van der Waals surface area contributed by atoms with Crippen LogP contribution >= 0.6 is 0 Å². The Labute approximate surface area is 159 Å². The molecule has 1 aromatic carbocycles. The molecule has 2 heterocycles. The van der Waals surface area contributed by atoms with Gasteiger partial charge in [-0.15, -0.1) is 0 Å². The second kappa shape index (κ2) is 8.09. The Bertz CT molecular complexity index is 988. The first-order valence-electron chi connectivity index (χ1n) is 8.12. The van der Waals surface area contributed by atoms with Crippen molar-refractivity contribution in [2.45, 2.75) is 6.54 Å². The topological polar surface area (TPSA) is 122 Å². The first-order chi connectivity index (χ1) is 13.5. The second-order valence-corrected chi connectivity index (χ2v) is 5.65. The van der Waals surface area contributed by atoms with Crippen molar-refractivity contribution < 1.29 is 28.3 Å². The largest absolute Gasteiger partial charge is 0.493 e. The van der Waals surface area contributed by atoms with Crippen LogP contribution in [0.4, 0.5) is 4.79 Å². The molecular weight excluding hydrogens is 366 g/mol. The fourth-order valence-corrected chi connectivity index (χ4v) is 2.57. The van der Waals surface area contributed by atoms with Gasteiger partial charge in [0.25, 0.3) is 11.8 Å². The summed E-state index contributed by atoms with van der Waals surface area (Å²) in [5.74, 6) is -0.460. The lowest BCUT2D eigenvalue weighted by Gasteiger charge is -2.25. The molecule has 1 aliphatic heterocycles. The van der Waals surface area contributed by atoms with E-state index in [2.05, 4.69) is 5.32 Å². The van der Waals surface area contributed by atoms with Gasteiger partial charge in [-0.3, -0.25) is 19.8 Å². The van der Waals surface area contributed by atoms with E-state index in [0.717, 1.165) is 4.90 Å². The van der Waals surface area contributed by atoms with E-state index in [1.54, 1.807) is 30.3 Å². The Kier molecular flexibility index (Phi) is 5.41. The van der Waals surface area contributed by atoms with Crippen LogP contribution in [-0.2, 0) is 16.1 Å². The van der Waals surface area contributed by atoms with Gasteiger partial charge in [0, 0.05) is 0 Å². The molecule has 1 aromatic heterocycles. The minimum Gasteiger partial charge on any atom is -0.493 e. The Balaban J connectivity index is 1.89. The number of hydrogen-bond acceptors (Lipinski definition) is 7. The summed E-state index contributed by atoms with van der Waals surface area (Å²) >= 11 is 0. The van der Waals surface area contributed by atoms with E-state index in [-0.39, 0.29) is 18.7 Å². The molecule has 0 saturated carbocycles. The van der Waals surface area contributed by atoms with E-state index >= 15 is 0 Å². The maximum Gasteiger partial charge on any atom is 0.331 e. The molecule has 1 fully saturated rings. The van der Waals surface area contributed by atoms with Crippen LogP contribution in [0.3, 0.4) is 0 Å². The Morgan fingerprint density at radius 2 is 2.07 bits per heavy atom. The molecule has 28 heavy (non-hydrogen) atoms. The number of barbiturate groups is 1. The van der Waals surface area contributed by atoms with Crippen molar-refractivity contribution in [2.75, 3.05) is 13.7 Å². The molecule has 142 valence electrons. The minimum absolute atomic E-state index is 0.105. The van der Waals surface area contributed by atoms with E-state index in [1.165, 1.54) is 19.4 Å². The monoisotopic (exact) mass is 381 g/mol. The predicted octanol–water partition coefficient (Wildman–Crippen LogP) is 1.85. The third kappa shape index (κ3) is 3.86. The minimum atomic E-state index is -0.818. The van der Waals surface area contributed by atoms with Crippen LogP contribution in [0.5, 0.6) is 11.5 Å². The number of methoxy groups -OCH3 is 1. The fraction of sp³-hybridized carbons (Fsp3) is 0.158. The van der Waals surface area contributed by atoms with Crippen molar-refractivity contribution in [3.63, 3.8) is 0 Å². The molecule has 1 N–H and O–H groups in total. The Hall–Kier alpha value is -4.06. The number of urea groups is 1. The number of rotatable bonds is 6. The number of imide groups is 2. The molecule has 0 spiro atoms. The number of benzene rings is 1. The highest BCUT2D eigenvalue weighted by Gasteiger charge is 2.36. The van der Waals surface area contributed by atoms with Crippen LogP contribution in [-0.4, -0.2) is 36.5 Å². The van der Waals surface area contributed by atoms with Gasteiger partial charge in [-0.05, 0) is 35.9 Å². The zero-order valence-corrected chi connectivity index (χ0v) is 14.8. The van der Waals surface area contributed by atoms with Crippen LogP contribution < -0.4 is 14.8 Å². The summed E-state index contributed by atoms with van der Waals surface area (Å²) in [5, 5.41) is 10.7. The lowest BCUT2D eigenvalue weighted by atomic mass is 10.1. The smallest absolute Gasteiger partial charge is 0.331 e. The van der Waals surface area contributed by atoms with Gasteiger partial charge in [0.2, 0.25) is 0 Å². The molecule has 0 atom stereocenters. The number of hydrogen-bond donors (Lipinski definition) is 1.